The van der Waals surface area contributed by atoms with Gasteiger partial charge < -0.3 is 15.8 Å². The summed E-state index contributed by atoms with van der Waals surface area (Å²) in [4.78, 5) is 12.0. The van der Waals surface area contributed by atoms with E-state index in [2.05, 4.69) is 10.1 Å². The molecule has 116 valence electrons. The Kier molecular flexibility index (Phi) is 4.77. The number of hydrogen-bond donors (Lipinski definition) is 2. The van der Waals surface area contributed by atoms with Crippen LogP contribution in [0.3, 0.4) is 0 Å². The van der Waals surface area contributed by atoms with Crippen LogP contribution in [0.2, 0.25) is 0 Å². The largest absolute Gasteiger partial charge is 0.435 e. The fourth-order valence-corrected chi connectivity index (χ4v) is 2.22. The average molecular weight is 298 g/mol. The topological polar surface area (TPSA) is 64.4 Å². The maximum atomic E-state index is 12.0. The van der Waals surface area contributed by atoms with Gasteiger partial charge in [-0.15, -0.1) is 0 Å². The third kappa shape index (κ3) is 4.39. The number of nitrogens with two attached hydrogens (primary N) is 1. The van der Waals surface area contributed by atoms with E-state index in [-0.39, 0.29) is 17.6 Å². The molecule has 2 rings (SSSR count). The minimum absolute atomic E-state index is 0.126. The van der Waals surface area contributed by atoms with Crippen LogP contribution in [0.1, 0.15) is 25.3 Å². The molecule has 21 heavy (non-hydrogen) atoms. The molecule has 1 aromatic rings. The lowest BCUT2D eigenvalue weighted by Crippen LogP contribution is -2.53. The summed E-state index contributed by atoms with van der Waals surface area (Å²) in [6.45, 7) is -0.594. The molecule has 0 aliphatic heterocycles. The summed E-state index contributed by atoms with van der Waals surface area (Å²) >= 11 is 0. The lowest BCUT2D eigenvalue weighted by Gasteiger charge is -2.23. The van der Waals surface area contributed by atoms with Crippen LogP contribution >= 0.6 is 0 Å². The standard InChI is InChI=1S/C15H20F2N2O2/c1-15(18,11-4-5-11)13(20)19-9-8-10-2-6-12(7-3-10)21-14(16)17/h2-3,6-7,11,14H,4-5,8-9,18H2,1H3,(H,19,20). The fourth-order valence-electron chi connectivity index (χ4n) is 2.22. The van der Waals surface area contributed by atoms with Gasteiger partial charge in [-0.05, 0) is 49.8 Å². The van der Waals surface area contributed by atoms with Crippen LogP contribution in [-0.2, 0) is 11.2 Å². The summed E-state index contributed by atoms with van der Waals surface area (Å²) in [5, 5.41) is 2.82. The molecule has 0 heterocycles. The highest BCUT2D eigenvalue weighted by molar-refractivity contribution is 5.86. The van der Waals surface area contributed by atoms with Crippen molar-refractivity contribution in [1.29, 1.82) is 0 Å². The molecule has 0 radical (unpaired) electrons. The van der Waals surface area contributed by atoms with E-state index in [1.54, 1.807) is 19.1 Å². The van der Waals surface area contributed by atoms with Gasteiger partial charge in [-0.3, -0.25) is 4.79 Å². The number of ether oxygens (including phenoxy) is 1. The number of rotatable bonds is 7. The van der Waals surface area contributed by atoms with Crippen molar-refractivity contribution in [3.8, 4) is 5.75 Å². The molecule has 6 heteroatoms. The molecule has 0 saturated heterocycles. The van der Waals surface area contributed by atoms with Gasteiger partial charge in [-0.25, -0.2) is 0 Å². The van der Waals surface area contributed by atoms with Gasteiger partial charge >= 0.3 is 6.61 Å². The highest BCUT2D eigenvalue weighted by Gasteiger charge is 2.43. The second-order valence-corrected chi connectivity index (χ2v) is 5.59. The van der Waals surface area contributed by atoms with E-state index in [0.717, 1.165) is 18.4 Å². The predicted molar refractivity (Wildman–Crippen MR) is 75.1 cm³/mol. The lowest BCUT2D eigenvalue weighted by molar-refractivity contribution is -0.126. The van der Waals surface area contributed by atoms with E-state index in [0.29, 0.717) is 13.0 Å². The van der Waals surface area contributed by atoms with Crippen LogP contribution < -0.4 is 15.8 Å². The van der Waals surface area contributed by atoms with Crippen LogP contribution in [0.4, 0.5) is 8.78 Å². The highest BCUT2D eigenvalue weighted by Crippen LogP contribution is 2.38. The van der Waals surface area contributed by atoms with E-state index < -0.39 is 12.2 Å². The van der Waals surface area contributed by atoms with E-state index in [1.807, 2.05) is 0 Å². The Labute approximate surface area is 122 Å². The van der Waals surface area contributed by atoms with Gasteiger partial charge in [0.1, 0.15) is 5.75 Å². The molecule has 4 nitrogen and oxygen atoms in total. The van der Waals surface area contributed by atoms with Crippen molar-refractivity contribution in [2.24, 2.45) is 11.7 Å². The van der Waals surface area contributed by atoms with E-state index in [4.69, 9.17) is 5.73 Å². The molecule has 3 N–H and O–H groups in total. The minimum atomic E-state index is -2.82. The Morgan fingerprint density at radius 1 is 1.43 bits per heavy atom. The zero-order valence-corrected chi connectivity index (χ0v) is 11.9. The van der Waals surface area contributed by atoms with E-state index in [9.17, 15) is 13.6 Å². The Hall–Kier alpha value is -1.69. The molecular formula is C15H20F2N2O2. The lowest BCUT2D eigenvalue weighted by atomic mass is 9.96. The number of carbonyl (C=O) groups is 1. The van der Waals surface area contributed by atoms with E-state index >= 15 is 0 Å². The Balaban J connectivity index is 1.76. The molecule has 0 bridgehead atoms. The third-order valence-electron chi connectivity index (χ3n) is 3.76. The first kappa shape index (κ1) is 15.7. The first-order chi connectivity index (χ1) is 9.89. The average Bonchev–Trinajstić information content (AvgIpc) is 3.24. The number of carbonyl (C=O) groups excluding carboxylic acids is 1. The molecule has 1 atom stereocenters. The van der Waals surface area contributed by atoms with Crippen LogP contribution in [0.25, 0.3) is 0 Å². The second kappa shape index (κ2) is 6.39. The maximum absolute atomic E-state index is 12.0. The Morgan fingerprint density at radius 3 is 2.57 bits per heavy atom. The predicted octanol–water partition coefficient (Wildman–Crippen LogP) is 2.07. The van der Waals surface area contributed by atoms with Crippen molar-refractivity contribution in [2.45, 2.75) is 38.3 Å². The van der Waals surface area contributed by atoms with Crippen molar-refractivity contribution in [3.05, 3.63) is 29.8 Å². The van der Waals surface area contributed by atoms with Crippen LogP contribution in [-0.4, -0.2) is 24.6 Å². The highest BCUT2D eigenvalue weighted by atomic mass is 19.3. The molecule has 0 spiro atoms. The molecule has 0 aromatic heterocycles. The molecule has 1 aromatic carbocycles. The molecule has 1 aliphatic rings. The smallest absolute Gasteiger partial charge is 0.387 e. The zero-order chi connectivity index (χ0) is 15.5. The van der Waals surface area contributed by atoms with Gasteiger partial charge in [-0.1, -0.05) is 12.1 Å². The molecule has 1 aliphatic carbocycles. The molecule has 1 saturated carbocycles. The summed E-state index contributed by atoms with van der Waals surface area (Å²) in [5.74, 6) is 0.270. The number of benzene rings is 1. The Bertz CT molecular complexity index is 485. The van der Waals surface area contributed by atoms with Gasteiger partial charge in [0.15, 0.2) is 0 Å². The van der Waals surface area contributed by atoms with Gasteiger partial charge in [0.25, 0.3) is 0 Å². The SMILES string of the molecule is CC(N)(C(=O)NCCc1ccc(OC(F)F)cc1)C1CC1. The molecule has 1 amide bonds. The van der Waals surface area contributed by atoms with E-state index in [1.165, 1.54) is 12.1 Å². The fraction of sp³-hybridized carbons (Fsp3) is 0.533. The van der Waals surface area contributed by atoms with Crippen molar-refractivity contribution < 1.29 is 18.3 Å². The molecule has 1 fully saturated rings. The summed E-state index contributed by atoms with van der Waals surface area (Å²) in [5.41, 5.74) is 6.15. The zero-order valence-electron chi connectivity index (χ0n) is 11.9. The second-order valence-electron chi connectivity index (χ2n) is 5.59. The number of halogens is 2. The van der Waals surface area contributed by atoms with Crippen LogP contribution in [0.15, 0.2) is 24.3 Å². The number of amides is 1. The van der Waals surface area contributed by atoms with Crippen molar-refractivity contribution in [1.82, 2.24) is 5.32 Å². The van der Waals surface area contributed by atoms with Gasteiger partial charge in [0.05, 0.1) is 5.54 Å². The maximum Gasteiger partial charge on any atom is 0.387 e. The minimum Gasteiger partial charge on any atom is -0.435 e. The molecular weight excluding hydrogens is 278 g/mol. The monoisotopic (exact) mass is 298 g/mol. The molecule has 1 unspecified atom stereocenters. The quantitative estimate of drug-likeness (QED) is 0.810. The van der Waals surface area contributed by atoms with Crippen molar-refractivity contribution >= 4 is 5.91 Å². The van der Waals surface area contributed by atoms with Crippen LogP contribution in [0, 0.1) is 5.92 Å². The summed E-state index contributed by atoms with van der Waals surface area (Å²) in [6, 6.07) is 6.37. The Morgan fingerprint density at radius 2 is 2.05 bits per heavy atom. The van der Waals surface area contributed by atoms with Gasteiger partial charge in [0.2, 0.25) is 5.91 Å². The van der Waals surface area contributed by atoms with Crippen molar-refractivity contribution in [3.63, 3.8) is 0 Å². The van der Waals surface area contributed by atoms with Crippen molar-refractivity contribution in [2.75, 3.05) is 6.54 Å². The first-order valence-electron chi connectivity index (χ1n) is 7.00. The third-order valence-corrected chi connectivity index (χ3v) is 3.76. The number of nitrogens with one attached hydrogen (secondary N) is 1. The summed E-state index contributed by atoms with van der Waals surface area (Å²) in [7, 11) is 0. The summed E-state index contributed by atoms with van der Waals surface area (Å²) < 4.78 is 28.3. The summed E-state index contributed by atoms with van der Waals surface area (Å²) in [6.07, 6.45) is 2.62. The van der Waals surface area contributed by atoms with Gasteiger partial charge in [-0.2, -0.15) is 8.78 Å². The number of alkyl halides is 2. The van der Waals surface area contributed by atoms with Gasteiger partial charge in [0, 0.05) is 6.54 Å². The number of hydrogen-bond acceptors (Lipinski definition) is 3. The normalized spacial score (nSPS) is 17.4. The van der Waals surface area contributed by atoms with Crippen LogP contribution in [0.5, 0.6) is 5.75 Å². The first-order valence-corrected chi connectivity index (χ1v) is 7.00.